The van der Waals surface area contributed by atoms with Crippen molar-refractivity contribution in [3.8, 4) is 0 Å². The molecular formula is C15H23. The number of aryl methyl sites for hydroxylation is 1. The highest BCUT2D eigenvalue weighted by molar-refractivity contribution is 5.38. The van der Waals surface area contributed by atoms with Gasteiger partial charge in [0.05, 0.1) is 0 Å². The lowest BCUT2D eigenvalue weighted by Gasteiger charge is -2.17. The molecule has 1 rings (SSSR count). The number of unbranched alkanes of at least 4 members (excludes halogenated alkanes) is 1. The van der Waals surface area contributed by atoms with Crippen LogP contribution < -0.4 is 0 Å². The third kappa shape index (κ3) is 3.37. The standard InChI is InChI=1S/C15H23/c1-4-7-10-13(5-2)15-12-9-8-11-14(15)6-3/h8-9,11-12H,4-7,10H2,1-3H3. The normalized spacial score (nSPS) is 10.9. The Hall–Kier alpha value is -0.780. The van der Waals surface area contributed by atoms with Crippen molar-refractivity contribution in [1.82, 2.24) is 0 Å². The van der Waals surface area contributed by atoms with Gasteiger partial charge in [0.1, 0.15) is 0 Å². The Balaban J connectivity index is 2.80. The van der Waals surface area contributed by atoms with Gasteiger partial charge in [0.25, 0.3) is 0 Å². The van der Waals surface area contributed by atoms with Crippen molar-refractivity contribution >= 4 is 0 Å². The molecule has 0 amide bonds. The molecule has 0 heteroatoms. The number of rotatable bonds is 6. The van der Waals surface area contributed by atoms with Gasteiger partial charge in [0.15, 0.2) is 0 Å². The van der Waals surface area contributed by atoms with E-state index in [0.29, 0.717) is 0 Å². The van der Waals surface area contributed by atoms with Crippen LogP contribution in [0.2, 0.25) is 0 Å². The topological polar surface area (TPSA) is 0 Å². The molecule has 15 heavy (non-hydrogen) atoms. The molecule has 0 nitrogen and oxygen atoms in total. The minimum atomic E-state index is 1.14. The lowest BCUT2D eigenvalue weighted by Crippen LogP contribution is -2.02. The molecule has 1 aromatic rings. The molecule has 83 valence electrons. The molecule has 0 saturated carbocycles. The molecule has 0 aliphatic heterocycles. The second-order valence-corrected chi connectivity index (χ2v) is 4.07. The maximum Gasteiger partial charge on any atom is 0.00499 e. The molecule has 1 aromatic carbocycles. The molecule has 0 aliphatic carbocycles. The fourth-order valence-corrected chi connectivity index (χ4v) is 2.07. The van der Waals surface area contributed by atoms with Crippen LogP contribution in [-0.2, 0) is 6.42 Å². The fraction of sp³-hybridized carbons (Fsp3) is 0.533. The minimum absolute atomic E-state index is 1.14. The maximum absolute atomic E-state index is 2.29. The van der Waals surface area contributed by atoms with Crippen molar-refractivity contribution < 1.29 is 0 Å². The Labute approximate surface area is 94.7 Å². The van der Waals surface area contributed by atoms with Gasteiger partial charge in [-0.25, -0.2) is 0 Å². The average molecular weight is 203 g/mol. The molecule has 0 spiro atoms. The molecular weight excluding hydrogens is 180 g/mol. The third-order valence-corrected chi connectivity index (χ3v) is 3.04. The van der Waals surface area contributed by atoms with Crippen LogP contribution in [0.3, 0.4) is 0 Å². The van der Waals surface area contributed by atoms with Gasteiger partial charge in [0.2, 0.25) is 0 Å². The van der Waals surface area contributed by atoms with Crippen molar-refractivity contribution in [2.75, 3.05) is 0 Å². The van der Waals surface area contributed by atoms with Gasteiger partial charge >= 0.3 is 0 Å². The van der Waals surface area contributed by atoms with Gasteiger partial charge in [0, 0.05) is 5.92 Å². The van der Waals surface area contributed by atoms with Crippen LogP contribution in [0, 0.1) is 5.92 Å². The van der Waals surface area contributed by atoms with Crippen LogP contribution in [0.1, 0.15) is 57.6 Å². The highest BCUT2D eigenvalue weighted by Crippen LogP contribution is 2.27. The predicted octanol–water partition coefficient (Wildman–Crippen LogP) is 4.77. The van der Waals surface area contributed by atoms with E-state index in [2.05, 4.69) is 45.0 Å². The second kappa shape index (κ2) is 6.66. The zero-order valence-corrected chi connectivity index (χ0v) is 10.3. The number of benzene rings is 1. The summed E-state index contributed by atoms with van der Waals surface area (Å²) in [7, 11) is 0. The van der Waals surface area contributed by atoms with Crippen molar-refractivity contribution in [3.63, 3.8) is 0 Å². The van der Waals surface area contributed by atoms with E-state index in [1.165, 1.54) is 36.8 Å². The largest absolute Gasteiger partial charge is 0.0654 e. The summed E-state index contributed by atoms with van der Waals surface area (Å²) < 4.78 is 0. The predicted molar refractivity (Wildman–Crippen MR) is 68.0 cm³/mol. The lowest BCUT2D eigenvalue weighted by atomic mass is 9.87. The van der Waals surface area contributed by atoms with Crippen LogP contribution >= 0.6 is 0 Å². The molecule has 0 heterocycles. The minimum Gasteiger partial charge on any atom is -0.0654 e. The van der Waals surface area contributed by atoms with E-state index in [9.17, 15) is 0 Å². The quantitative estimate of drug-likeness (QED) is 0.624. The summed E-state index contributed by atoms with van der Waals surface area (Å²) in [6.07, 6.45) is 6.21. The van der Waals surface area contributed by atoms with Crippen LogP contribution in [0.25, 0.3) is 0 Å². The molecule has 0 fully saturated rings. The first-order valence-electron chi connectivity index (χ1n) is 6.26. The highest BCUT2D eigenvalue weighted by Gasteiger charge is 2.12. The van der Waals surface area contributed by atoms with Gasteiger partial charge in [-0.1, -0.05) is 57.9 Å². The summed E-state index contributed by atoms with van der Waals surface area (Å²) in [6, 6.07) is 8.86. The first-order chi connectivity index (χ1) is 7.33. The smallest absolute Gasteiger partial charge is 0.00499 e. The monoisotopic (exact) mass is 203 g/mol. The summed E-state index contributed by atoms with van der Waals surface area (Å²) >= 11 is 0. The summed E-state index contributed by atoms with van der Waals surface area (Å²) in [5.41, 5.74) is 3.02. The molecule has 1 radical (unpaired) electrons. The van der Waals surface area contributed by atoms with Crippen molar-refractivity contribution in [2.45, 2.75) is 52.9 Å². The van der Waals surface area contributed by atoms with E-state index >= 15 is 0 Å². The summed E-state index contributed by atoms with van der Waals surface area (Å²) in [5, 5.41) is 0. The molecule has 0 aliphatic rings. The Bertz CT molecular complexity index is 275. The number of hydrogen-bond acceptors (Lipinski definition) is 0. The Morgan fingerprint density at radius 1 is 1.07 bits per heavy atom. The Morgan fingerprint density at radius 3 is 2.40 bits per heavy atom. The van der Waals surface area contributed by atoms with E-state index in [1.807, 2.05) is 0 Å². The van der Waals surface area contributed by atoms with Crippen LogP contribution in [0.15, 0.2) is 24.3 Å². The zero-order chi connectivity index (χ0) is 11.1. The molecule has 0 unspecified atom stereocenters. The number of hydrogen-bond donors (Lipinski definition) is 0. The van der Waals surface area contributed by atoms with E-state index in [0.717, 1.165) is 6.42 Å². The molecule has 0 aromatic heterocycles. The lowest BCUT2D eigenvalue weighted by molar-refractivity contribution is 0.705. The SMILES string of the molecule is CCCC[C](CC)c1ccccc1CC. The maximum atomic E-state index is 2.29. The second-order valence-electron chi connectivity index (χ2n) is 4.07. The Kier molecular flexibility index (Phi) is 5.45. The third-order valence-electron chi connectivity index (χ3n) is 3.04. The highest BCUT2D eigenvalue weighted by atomic mass is 14.2. The van der Waals surface area contributed by atoms with Crippen molar-refractivity contribution in [3.05, 3.63) is 41.3 Å². The zero-order valence-electron chi connectivity index (χ0n) is 10.3. The van der Waals surface area contributed by atoms with Gasteiger partial charge in [-0.3, -0.25) is 0 Å². The first kappa shape index (κ1) is 12.3. The molecule has 0 bridgehead atoms. The molecule has 0 atom stereocenters. The fourth-order valence-electron chi connectivity index (χ4n) is 2.07. The summed E-state index contributed by atoms with van der Waals surface area (Å²) in [4.78, 5) is 0. The average Bonchev–Trinajstić information content (AvgIpc) is 2.30. The summed E-state index contributed by atoms with van der Waals surface area (Å²) in [5.74, 6) is 1.63. The molecule has 0 saturated heterocycles. The van der Waals surface area contributed by atoms with Crippen LogP contribution in [0.4, 0.5) is 0 Å². The van der Waals surface area contributed by atoms with Crippen molar-refractivity contribution in [2.24, 2.45) is 0 Å². The van der Waals surface area contributed by atoms with Gasteiger partial charge in [-0.15, -0.1) is 0 Å². The van der Waals surface area contributed by atoms with Crippen LogP contribution in [-0.4, -0.2) is 0 Å². The van der Waals surface area contributed by atoms with Gasteiger partial charge in [-0.05, 0) is 30.4 Å². The van der Waals surface area contributed by atoms with Gasteiger partial charge in [-0.2, -0.15) is 0 Å². The van der Waals surface area contributed by atoms with E-state index in [4.69, 9.17) is 0 Å². The molecule has 0 N–H and O–H groups in total. The van der Waals surface area contributed by atoms with Crippen LogP contribution in [0.5, 0.6) is 0 Å². The van der Waals surface area contributed by atoms with E-state index in [1.54, 1.807) is 5.92 Å². The van der Waals surface area contributed by atoms with E-state index < -0.39 is 0 Å². The summed E-state index contributed by atoms with van der Waals surface area (Å²) in [6.45, 7) is 6.78. The van der Waals surface area contributed by atoms with Crippen molar-refractivity contribution in [1.29, 1.82) is 0 Å². The first-order valence-corrected chi connectivity index (χ1v) is 6.26. The van der Waals surface area contributed by atoms with E-state index in [-0.39, 0.29) is 0 Å². The van der Waals surface area contributed by atoms with Gasteiger partial charge < -0.3 is 0 Å². The Morgan fingerprint density at radius 2 is 1.80 bits per heavy atom.